The predicted molar refractivity (Wildman–Crippen MR) is 124 cm³/mol. The van der Waals surface area contributed by atoms with Crippen LogP contribution < -0.4 is 0 Å². The average molecular weight is 453 g/mol. The van der Waals surface area contributed by atoms with Gasteiger partial charge in [-0.15, -0.1) is 0 Å². The molecule has 0 aliphatic carbocycles. The molecule has 0 atom stereocenters. The molecule has 1 N–H and O–H groups in total. The Labute approximate surface area is 193 Å². The summed E-state index contributed by atoms with van der Waals surface area (Å²) in [4.78, 5) is 0. The topological polar surface area (TPSA) is 75.6 Å². The molecule has 0 spiro atoms. The maximum atomic E-state index is 8.55. The first-order valence-corrected chi connectivity index (χ1v) is 12.3. The summed E-state index contributed by atoms with van der Waals surface area (Å²) in [5.41, 5.74) is 0. The molecule has 0 fully saturated rings. The first-order valence-electron chi connectivity index (χ1n) is 13.3. The van der Waals surface area contributed by atoms with Gasteiger partial charge >= 0.3 is 0 Å². The van der Waals surface area contributed by atoms with Crippen LogP contribution in [0.15, 0.2) is 0 Å². The molecule has 31 heavy (non-hydrogen) atoms. The molecule has 0 saturated carbocycles. The number of unbranched alkanes of at least 4 members (excludes halogenated alkanes) is 8. The first-order chi connectivity index (χ1) is 16.1. The van der Waals surface area contributed by atoms with Crippen molar-refractivity contribution in [3.8, 4) is 0 Å². The van der Waals surface area contributed by atoms with Crippen molar-refractivity contribution < 1.29 is 36.3 Å². The molecule has 0 amide bonds. The Hall–Kier alpha value is -0.280. The quantitative estimate of drug-likeness (QED) is 0.180. The van der Waals surface area contributed by atoms with Gasteiger partial charge in [0, 0.05) is 6.56 Å². The van der Waals surface area contributed by atoms with Crippen LogP contribution in [0.1, 0.15) is 73.9 Å². The molecule has 7 heteroatoms. The molecule has 0 aromatic heterocycles. The molecule has 0 radical (unpaired) electrons. The summed E-state index contributed by atoms with van der Waals surface area (Å²) in [5, 5.41) is 8.55. The van der Waals surface area contributed by atoms with Gasteiger partial charge in [0.2, 0.25) is 0 Å². The summed E-state index contributed by atoms with van der Waals surface area (Å²) in [6.07, 6.45) is 11.4. The van der Waals surface area contributed by atoms with E-state index in [-0.39, 0.29) is 13.2 Å². The van der Waals surface area contributed by atoms with Crippen LogP contribution in [-0.2, 0) is 28.4 Å². The lowest BCUT2D eigenvalue weighted by Crippen LogP contribution is -2.14. The number of rotatable bonds is 28. The van der Waals surface area contributed by atoms with E-state index in [0.717, 1.165) is 12.8 Å². The van der Waals surface area contributed by atoms with E-state index in [0.29, 0.717) is 72.5 Å². The summed E-state index contributed by atoms with van der Waals surface area (Å²) in [6, 6.07) is 0. The minimum absolute atomic E-state index is 0.0262. The van der Waals surface area contributed by atoms with Gasteiger partial charge in [-0.25, -0.2) is 0 Å². The van der Waals surface area contributed by atoms with Gasteiger partial charge in [0.15, 0.2) is 0 Å². The van der Waals surface area contributed by atoms with E-state index in [2.05, 4.69) is 6.92 Å². The smallest absolute Gasteiger partial charge is 0.0701 e. The van der Waals surface area contributed by atoms with Crippen molar-refractivity contribution in [1.82, 2.24) is 0 Å². The van der Waals surface area contributed by atoms with Crippen LogP contribution in [0.3, 0.4) is 0 Å². The first kappa shape index (κ1) is 27.0. The zero-order valence-corrected chi connectivity index (χ0v) is 20.0. The molecule has 0 aromatic rings. The Bertz CT molecular complexity index is 377. The van der Waals surface area contributed by atoms with E-state index in [4.69, 9.17) is 36.3 Å². The van der Waals surface area contributed by atoms with Crippen molar-refractivity contribution in [2.45, 2.75) is 71.1 Å². The molecular formula is C24H50O7. The second-order valence-corrected chi connectivity index (χ2v) is 7.36. The molecule has 0 heterocycles. The van der Waals surface area contributed by atoms with Gasteiger partial charge < -0.3 is 33.5 Å². The Morgan fingerprint density at radius 3 is 1.16 bits per heavy atom. The Balaban J connectivity index is 3.25. The summed E-state index contributed by atoms with van der Waals surface area (Å²) in [7, 11) is 0. The molecule has 0 unspecified atom stereocenters. The predicted octanol–water partition coefficient (Wildman–Crippen LogP) is 4.00. The third kappa shape index (κ3) is 29.7. The van der Waals surface area contributed by atoms with E-state index in [1.165, 1.54) is 44.9 Å². The summed E-state index contributed by atoms with van der Waals surface area (Å²) in [5.74, 6) is 0. The molecule has 188 valence electrons. The lowest BCUT2D eigenvalue weighted by Gasteiger charge is -2.08. The highest BCUT2D eigenvalue weighted by atomic mass is 16.6. The van der Waals surface area contributed by atoms with Gasteiger partial charge in [0.1, 0.15) is 0 Å². The molecule has 0 bridgehead atoms. The Morgan fingerprint density at radius 1 is 0.452 bits per heavy atom. The molecular weight excluding hydrogens is 400 g/mol. The molecule has 0 aliphatic heterocycles. The normalized spacial score (nSPS) is 12.8. The fourth-order valence-electron chi connectivity index (χ4n) is 2.80. The van der Waals surface area contributed by atoms with Crippen LogP contribution in [0, 0.1) is 0 Å². The van der Waals surface area contributed by atoms with Crippen LogP contribution in [-0.4, -0.2) is 90.9 Å². The maximum Gasteiger partial charge on any atom is 0.0701 e. The van der Waals surface area contributed by atoms with Crippen molar-refractivity contribution in [3.05, 3.63) is 0 Å². The van der Waals surface area contributed by atoms with Crippen molar-refractivity contribution in [1.29, 1.82) is 0 Å². The van der Waals surface area contributed by atoms with Gasteiger partial charge in [-0.2, -0.15) is 0 Å². The zero-order chi connectivity index (χ0) is 24.3. The van der Waals surface area contributed by atoms with Gasteiger partial charge in [-0.1, -0.05) is 64.7 Å². The third-order valence-electron chi connectivity index (χ3n) is 4.54. The van der Waals surface area contributed by atoms with E-state index >= 15 is 0 Å². The summed E-state index contributed by atoms with van der Waals surface area (Å²) >= 11 is 0. The number of ether oxygens (including phenoxy) is 6. The lowest BCUT2D eigenvalue weighted by atomic mass is 10.1. The minimum Gasteiger partial charge on any atom is -0.394 e. The second kappa shape index (κ2) is 29.7. The zero-order valence-electron chi connectivity index (χ0n) is 22.0. The van der Waals surface area contributed by atoms with Gasteiger partial charge in [-0.3, -0.25) is 0 Å². The van der Waals surface area contributed by atoms with Gasteiger partial charge in [0.25, 0.3) is 0 Å². The van der Waals surface area contributed by atoms with Crippen molar-refractivity contribution >= 4 is 0 Å². The average Bonchev–Trinajstić information content (AvgIpc) is 2.80. The highest BCUT2D eigenvalue weighted by Gasteiger charge is 1.95. The van der Waals surface area contributed by atoms with Gasteiger partial charge in [-0.05, 0) is 6.42 Å². The third-order valence-corrected chi connectivity index (χ3v) is 4.54. The fourth-order valence-corrected chi connectivity index (χ4v) is 2.80. The molecule has 7 nitrogen and oxygen atoms in total. The fraction of sp³-hybridized carbons (Fsp3) is 1.00. The number of hydrogen-bond acceptors (Lipinski definition) is 7. The highest BCUT2D eigenvalue weighted by molar-refractivity contribution is 4.47. The minimum atomic E-state index is -1.57. The maximum absolute atomic E-state index is 8.55. The van der Waals surface area contributed by atoms with Crippen LogP contribution in [0.25, 0.3) is 0 Å². The molecule has 0 aliphatic rings. The SMILES string of the molecule is [2H]C([2H])(CCCCCCCCCCC)OCCOCCOCCOCCOCCOCCO. The van der Waals surface area contributed by atoms with Crippen molar-refractivity contribution in [3.63, 3.8) is 0 Å². The van der Waals surface area contributed by atoms with Crippen LogP contribution in [0.2, 0.25) is 0 Å². The Kier molecular flexibility index (Phi) is 25.9. The van der Waals surface area contributed by atoms with E-state index < -0.39 is 6.56 Å². The van der Waals surface area contributed by atoms with E-state index in [1.54, 1.807) is 0 Å². The van der Waals surface area contributed by atoms with Crippen LogP contribution in [0.4, 0.5) is 0 Å². The number of hydrogen-bond donors (Lipinski definition) is 1. The standard InChI is InChI=1S/C24H50O7/c1-2-3-4-5-6-7-8-9-10-11-13-26-15-17-28-19-21-30-23-24-31-22-20-29-18-16-27-14-12-25/h25H,2-24H2,1H3/i13D2. The Morgan fingerprint density at radius 2 is 0.774 bits per heavy atom. The van der Waals surface area contributed by atoms with Crippen molar-refractivity contribution in [2.75, 3.05) is 85.8 Å². The summed E-state index contributed by atoms with van der Waals surface area (Å²) < 4.78 is 47.8. The molecule has 0 rings (SSSR count). The largest absolute Gasteiger partial charge is 0.394 e. The lowest BCUT2D eigenvalue weighted by molar-refractivity contribution is -0.0182. The van der Waals surface area contributed by atoms with E-state index in [9.17, 15) is 0 Å². The highest BCUT2D eigenvalue weighted by Crippen LogP contribution is 2.10. The second-order valence-electron chi connectivity index (χ2n) is 7.36. The van der Waals surface area contributed by atoms with Crippen molar-refractivity contribution in [2.24, 2.45) is 0 Å². The molecule has 0 saturated heterocycles. The summed E-state index contributed by atoms with van der Waals surface area (Å²) in [6.45, 7) is 5.47. The monoisotopic (exact) mass is 452 g/mol. The van der Waals surface area contributed by atoms with E-state index in [1.807, 2.05) is 0 Å². The number of aliphatic hydroxyl groups excluding tert-OH is 1. The van der Waals surface area contributed by atoms with Crippen LogP contribution in [0.5, 0.6) is 0 Å². The van der Waals surface area contributed by atoms with Gasteiger partial charge in [0.05, 0.1) is 82.0 Å². The number of aliphatic hydroxyl groups is 1. The molecule has 0 aromatic carbocycles. The van der Waals surface area contributed by atoms with Crippen LogP contribution >= 0.6 is 0 Å².